The van der Waals surface area contributed by atoms with Crippen LogP contribution in [0.1, 0.15) is 61.8 Å². The maximum Gasteiger partial charge on any atom is 0.107 e. The fraction of sp³-hybridized carbons (Fsp3) is 0.448. The maximum atomic E-state index is 10.5. The molecule has 2 aromatic rings. The molecule has 5 nitrogen and oxygen atoms in total. The van der Waals surface area contributed by atoms with Crippen LogP contribution in [0.3, 0.4) is 0 Å². The van der Waals surface area contributed by atoms with Crippen molar-refractivity contribution >= 4 is 47.6 Å². The molecule has 5 N–H and O–H groups in total. The SMILES string of the molecule is C.CS.[B]C([B])([B])c1ccc(N/C=C(\N)c2ccc(CN3CCC=C([C@](C)(O)CO)C3)c(C3CC3)c2)cc1. The van der Waals surface area contributed by atoms with Crippen LogP contribution >= 0.6 is 12.6 Å². The summed E-state index contributed by atoms with van der Waals surface area (Å²) in [5, 5.41) is 21.9. The van der Waals surface area contributed by atoms with Gasteiger partial charge in [0, 0.05) is 31.5 Å². The molecule has 4 rings (SSSR count). The summed E-state index contributed by atoms with van der Waals surface area (Å²) in [7, 11) is 17.2. The van der Waals surface area contributed by atoms with E-state index in [0.717, 1.165) is 36.3 Å². The van der Waals surface area contributed by atoms with Crippen LogP contribution in [-0.4, -0.2) is 70.2 Å². The summed E-state index contributed by atoms with van der Waals surface area (Å²) in [6.07, 6.45) is 8.80. The molecule has 1 aliphatic heterocycles. The number of hydrogen-bond donors (Lipinski definition) is 5. The van der Waals surface area contributed by atoms with Crippen LogP contribution in [0.5, 0.6) is 0 Å². The zero-order valence-electron chi connectivity index (χ0n) is 21.8. The molecule has 2 aliphatic rings. The molecule has 1 atom stereocenters. The standard InChI is InChI=1S/C27H32B3N3O2.CH4S.CH4/c1-26(35,17-34)22-3-2-12-33(16-22)15-20-7-6-19(13-24(20)18-4-5-18)25(31)14-32-23-10-8-21(9-11-23)27(28,29)30;1-2;/h3,6-11,13-14,18,32,34-35H,2,4-5,12,15-17,31H2,1H3;2H,1H3;1H4/b25-14-;;/t26-;;/m1../s1. The molecule has 6 radical (unpaired) electrons. The summed E-state index contributed by atoms with van der Waals surface area (Å²) in [4.78, 5) is 2.34. The number of nitrogens with two attached hydrogens (primary N) is 1. The first-order valence-electron chi connectivity index (χ1n) is 12.6. The van der Waals surface area contributed by atoms with Gasteiger partial charge in [0.05, 0.1) is 35.8 Å². The molecule has 0 bridgehead atoms. The summed E-state index contributed by atoms with van der Waals surface area (Å²) in [5.74, 6) is 0.572. The zero-order chi connectivity index (χ0) is 27.2. The van der Waals surface area contributed by atoms with Crippen molar-refractivity contribution in [1.29, 1.82) is 0 Å². The minimum atomic E-state index is -1.36. The minimum absolute atomic E-state index is 0. The lowest BCUT2D eigenvalue weighted by Gasteiger charge is -2.34. The average Bonchev–Trinajstić information content (AvgIpc) is 3.74. The van der Waals surface area contributed by atoms with Gasteiger partial charge in [-0.15, -0.1) is 5.11 Å². The number of benzene rings is 2. The third kappa shape index (κ3) is 8.47. The maximum absolute atomic E-state index is 10.5. The lowest BCUT2D eigenvalue weighted by molar-refractivity contribution is 0.0247. The Kier molecular flexibility index (Phi) is 11.7. The van der Waals surface area contributed by atoms with Crippen LogP contribution in [0, 0.1) is 0 Å². The highest BCUT2D eigenvalue weighted by molar-refractivity contribution is 7.79. The lowest BCUT2D eigenvalue weighted by Crippen LogP contribution is -2.40. The van der Waals surface area contributed by atoms with E-state index in [-0.39, 0.29) is 14.0 Å². The van der Waals surface area contributed by atoms with Crippen LogP contribution in [0.2, 0.25) is 0 Å². The summed E-state index contributed by atoms with van der Waals surface area (Å²) in [6.45, 7) is 3.80. The minimum Gasteiger partial charge on any atom is -0.397 e. The van der Waals surface area contributed by atoms with Crippen LogP contribution in [0.15, 0.2) is 60.3 Å². The molecule has 38 heavy (non-hydrogen) atoms. The molecule has 2 aromatic carbocycles. The van der Waals surface area contributed by atoms with E-state index >= 15 is 0 Å². The molecular formula is C29H40B3N3O2S. The van der Waals surface area contributed by atoms with Crippen LogP contribution < -0.4 is 11.1 Å². The van der Waals surface area contributed by atoms with E-state index in [0.29, 0.717) is 23.7 Å². The number of nitrogens with one attached hydrogen (secondary N) is 1. The number of aliphatic hydroxyl groups excluding tert-OH is 1. The molecule has 0 unspecified atom stereocenters. The van der Waals surface area contributed by atoms with Gasteiger partial charge in [0.2, 0.25) is 0 Å². The van der Waals surface area contributed by atoms with Gasteiger partial charge in [-0.25, -0.2) is 0 Å². The molecule has 0 saturated heterocycles. The molecule has 198 valence electrons. The van der Waals surface area contributed by atoms with Gasteiger partial charge in [0.25, 0.3) is 0 Å². The number of nitrogens with zero attached hydrogens (tertiary/aromatic N) is 1. The first-order chi connectivity index (χ1) is 17.6. The first-order valence-corrected chi connectivity index (χ1v) is 13.5. The Balaban J connectivity index is 0.00000165. The van der Waals surface area contributed by atoms with E-state index in [2.05, 4.69) is 47.1 Å². The second-order valence-electron chi connectivity index (χ2n) is 10.1. The highest BCUT2D eigenvalue weighted by atomic mass is 32.1. The van der Waals surface area contributed by atoms with E-state index in [4.69, 9.17) is 29.3 Å². The number of rotatable bonds is 9. The van der Waals surface area contributed by atoms with Crippen molar-refractivity contribution in [2.75, 3.05) is 31.3 Å². The second-order valence-corrected chi connectivity index (χ2v) is 10.1. The van der Waals surface area contributed by atoms with Gasteiger partial charge >= 0.3 is 0 Å². The lowest BCUT2D eigenvalue weighted by atomic mass is 9.40. The summed E-state index contributed by atoms with van der Waals surface area (Å²) in [5.41, 5.74) is 11.9. The van der Waals surface area contributed by atoms with Crippen molar-refractivity contribution in [1.82, 2.24) is 4.90 Å². The molecule has 1 heterocycles. The van der Waals surface area contributed by atoms with Gasteiger partial charge in [0.15, 0.2) is 0 Å². The Bertz CT molecular complexity index is 1110. The second kappa shape index (κ2) is 13.8. The Morgan fingerprint density at radius 2 is 1.82 bits per heavy atom. The third-order valence-corrected chi connectivity index (χ3v) is 6.90. The topological polar surface area (TPSA) is 81.8 Å². The zero-order valence-corrected chi connectivity index (χ0v) is 22.7. The molecular weight excluding hydrogens is 487 g/mol. The Hall–Kier alpha value is -2.06. The Labute approximate surface area is 238 Å². The van der Waals surface area contributed by atoms with Crippen molar-refractivity contribution in [2.45, 2.75) is 56.8 Å². The van der Waals surface area contributed by atoms with Crippen LogP contribution in [-0.2, 0) is 11.7 Å². The van der Waals surface area contributed by atoms with Crippen molar-refractivity contribution < 1.29 is 10.2 Å². The molecule has 0 aromatic heterocycles. The Morgan fingerprint density at radius 3 is 2.39 bits per heavy atom. The van der Waals surface area contributed by atoms with Gasteiger partial charge in [-0.05, 0) is 78.8 Å². The summed E-state index contributed by atoms with van der Waals surface area (Å²) < 4.78 is 0. The smallest absolute Gasteiger partial charge is 0.107 e. The van der Waals surface area contributed by atoms with E-state index in [9.17, 15) is 10.2 Å². The quantitative estimate of drug-likeness (QED) is 0.196. The van der Waals surface area contributed by atoms with Crippen molar-refractivity contribution in [2.24, 2.45) is 5.73 Å². The molecule has 9 heteroatoms. The first kappa shape index (κ1) is 32.2. The van der Waals surface area contributed by atoms with E-state index in [1.807, 2.05) is 12.1 Å². The van der Waals surface area contributed by atoms with Gasteiger partial charge in [-0.3, -0.25) is 4.90 Å². The normalized spacial score (nSPS) is 17.8. The van der Waals surface area contributed by atoms with Crippen molar-refractivity contribution in [3.8, 4) is 0 Å². The van der Waals surface area contributed by atoms with Gasteiger partial charge in [0.1, 0.15) is 5.60 Å². The molecule has 1 saturated carbocycles. The Morgan fingerprint density at radius 1 is 1.16 bits per heavy atom. The molecule has 0 amide bonds. The highest BCUT2D eigenvalue weighted by Gasteiger charge is 2.30. The summed E-state index contributed by atoms with van der Waals surface area (Å²) in [6, 6.07) is 13.7. The van der Waals surface area contributed by atoms with Crippen LogP contribution in [0.4, 0.5) is 5.69 Å². The van der Waals surface area contributed by atoms with E-state index in [1.165, 1.54) is 24.0 Å². The average molecular weight is 527 g/mol. The molecule has 0 spiro atoms. The monoisotopic (exact) mass is 527 g/mol. The summed E-state index contributed by atoms with van der Waals surface area (Å²) >= 11 is 3.53. The van der Waals surface area contributed by atoms with Crippen molar-refractivity contribution in [3.63, 3.8) is 0 Å². The number of anilines is 1. The van der Waals surface area contributed by atoms with Gasteiger partial charge in [-0.1, -0.05) is 43.3 Å². The third-order valence-electron chi connectivity index (χ3n) is 6.90. The highest BCUT2D eigenvalue weighted by Crippen LogP contribution is 2.43. The largest absolute Gasteiger partial charge is 0.397 e. The van der Waals surface area contributed by atoms with E-state index in [1.54, 1.807) is 31.5 Å². The van der Waals surface area contributed by atoms with Gasteiger partial charge < -0.3 is 21.3 Å². The molecule has 1 fully saturated rings. The van der Waals surface area contributed by atoms with E-state index < -0.39 is 10.7 Å². The van der Waals surface area contributed by atoms with Crippen molar-refractivity contribution in [3.05, 3.63) is 82.6 Å². The fourth-order valence-corrected chi connectivity index (χ4v) is 4.47. The predicted octanol–water partition coefficient (Wildman–Crippen LogP) is 3.61. The number of aliphatic hydroxyl groups is 2. The number of thiol groups is 1. The van der Waals surface area contributed by atoms with Crippen LogP contribution in [0.25, 0.3) is 5.70 Å². The van der Waals surface area contributed by atoms with Gasteiger partial charge in [-0.2, -0.15) is 12.6 Å². The molecule has 1 aliphatic carbocycles. The predicted molar refractivity (Wildman–Crippen MR) is 167 cm³/mol. The fourth-order valence-electron chi connectivity index (χ4n) is 4.47. The number of hydrogen-bond acceptors (Lipinski definition) is 6.